The summed E-state index contributed by atoms with van der Waals surface area (Å²) in [6, 6.07) is -20.1. The van der Waals surface area contributed by atoms with Gasteiger partial charge in [-0.05, 0) is 138 Å². The van der Waals surface area contributed by atoms with E-state index in [1.807, 2.05) is 0 Å². The molecule has 3 unspecified atom stereocenters. The van der Waals surface area contributed by atoms with Crippen molar-refractivity contribution in [2.24, 2.45) is 81.9 Å². The number of carbonyl (C=O) groups is 16. The van der Waals surface area contributed by atoms with Crippen molar-refractivity contribution in [3.05, 3.63) is 0 Å². The number of carboxylic acid groups (broad SMARTS) is 1. The zero-order valence-corrected chi connectivity index (χ0v) is 69.4. The van der Waals surface area contributed by atoms with Crippen LogP contribution in [-0.2, 0) is 86.2 Å². The number of carboxylic acids is 1. The van der Waals surface area contributed by atoms with Gasteiger partial charge in [0, 0.05) is 39.5 Å². The minimum atomic E-state index is -2.69. The van der Waals surface area contributed by atoms with E-state index in [2.05, 4.69) is 68.6 Å². The molecule has 0 aromatic carbocycles. The van der Waals surface area contributed by atoms with Crippen LogP contribution in [-0.4, -0.2) is 267 Å². The van der Waals surface area contributed by atoms with Crippen LogP contribution in [0.25, 0.3) is 0 Å². The van der Waals surface area contributed by atoms with Gasteiger partial charge >= 0.3 is 11.9 Å². The summed E-state index contributed by atoms with van der Waals surface area (Å²) in [4.78, 5) is 230. The average molecular weight is 1640 g/mol. The van der Waals surface area contributed by atoms with Gasteiger partial charge < -0.3 is 121 Å². The summed E-state index contributed by atoms with van der Waals surface area (Å²) in [5, 5.41) is 78.6. The van der Waals surface area contributed by atoms with Gasteiger partial charge in [-0.25, -0.2) is 4.79 Å². The summed E-state index contributed by atoms with van der Waals surface area (Å²) in [7, 11) is 2.31. The summed E-state index contributed by atoms with van der Waals surface area (Å²) >= 11 is 0. The van der Waals surface area contributed by atoms with E-state index in [-0.39, 0.29) is 82.8 Å². The standard InChI is InChI=1S/C76H134N16O23/c1-16-38(6)32-39(7)33-40(8)60(98)44(12)65(102)83-47(21-19-28-77)66(103)82-46(24-26-54(79)94)61(99)62(100)73(110)88-57(42(10)43(11)64(81)101)70(107)90-59-63(41(9)37(4)5)115-76(113)53-23-17-18-30-92(53)75(112)50(34-56(96)97)86-71(108)58(45(13)114-15)89-69(106)52(25-27-55(80)95)91(14)74(111)49(31-36(2)3)85-67(104)48(22-20-29-78)84-68(105)51(35-93)87-72(59)109/h36-53,57-63,93,98-100H,16-35,77-78H2,1-15H3,(H2,79,94)(H2,80,95)(H2,81,101)(H,82,103)(H,83,102)(H,84,105)(H,85,104)(H,86,108)(H,87,109)(H,88,110)(H,89,106)(H,90,107)(H,96,97)/t38-,39-,40-,41-,42+,43-,44-,45-,46+,47-,48?,49+,50-,51-,52+,53+,57+,58?,59?,60-,61-,62-,63+/m1/s1. The first-order valence-electron chi connectivity index (χ1n) is 39.9. The Labute approximate surface area is 673 Å². The highest BCUT2D eigenvalue weighted by molar-refractivity contribution is 6.00. The summed E-state index contributed by atoms with van der Waals surface area (Å²) in [5.41, 5.74) is 28.6. The molecule has 115 heavy (non-hydrogen) atoms. The van der Waals surface area contributed by atoms with Crippen molar-refractivity contribution in [3.8, 4) is 0 Å². The van der Waals surface area contributed by atoms with Crippen molar-refractivity contribution >= 4 is 94.6 Å². The number of carbonyl (C=O) groups excluding carboxylic acids is 15. The van der Waals surface area contributed by atoms with Crippen LogP contribution in [0, 0.1) is 53.3 Å². The Balaban J connectivity index is 3.09. The Morgan fingerprint density at radius 3 is 1.77 bits per heavy atom. The number of cyclic esters (lactones) is 1. The maximum atomic E-state index is 15.6. The first kappa shape index (κ1) is 102. The maximum Gasteiger partial charge on any atom is 0.329 e. The van der Waals surface area contributed by atoms with Crippen molar-refractivity contribution in [2.75, 3.05) is 40.4 Å². The van der Waals surface area contributed by atoms with Gasteiger partial charge in [0.15, 0.2) is 6.10 Å². The smallest absolute Gasteiger partial charge is 0.329 e. The SMILES string of the molecule is CC[C@@H](C)C[C@@H](C)C[C@@H](C)[C@@H](O)[C@@H](C)C(=O)N[C@H](CCCN)C(=O)N[C@@H](CCC(N)=O)[C@@H](O)[C@@H](O)C(=O)N[C@H](C(=O)NC1C(=O)N[C@H](CO)C(=O)NC(CCCN)C(=O)N[C@@H](CC(C)C)C(=O)N(C)[C@@H](CCC(N)=O)C(=O)NC([C@@H](C)OC)C(=O)N[C@H](CC(=O)O)C(=O)N2CCCC[C@H]2C(=O)O[C@H]1[C@H](C)C(C)C)[C@@H](C)[C@@H](C)C(N)=O. The number of esters is 1. The Morgan fingerprint density at radius 1 is 0.626 bits per heavy atom. The minimum absolute atomic E-state index is 0.0189. The number of aliphatic hydroxyl groups excluding tert-OH is 4. The highest BCUT2D eigenvalue weighted by atomic mass is 16.5. The summed E-state index contributed by atoms with van der Waals surface area (Å²) in [5.74, 6) is -24.8. The number of aliphatic carboxylic acids is 1. The third-order valence-corrected chi connectivity index (χ3v) is 21.9. The molecule has 0 spiro atoms. The molecule has 0 aromatic heterocycles. The summed E-state index contributed by atoms with van der Waals surface area (Å²) < 4.78 is 11.8. The monoisotopic (exact) mass is 1640 g/mol. The number of likely N-dealkylation sites (N-methyl/N-ethyl adjacent to an activating group) is 1. The first-order valence-corrected chi connectivity index (χ1v) is 39.9. The van der Waals surface area contributed by atoms with Crippen LogP contribution in [0.5, 0.6) is 0 Å². The third kappa shape index (κ3) is 32.3. The number of methoxy groups -OCH3 is 1. The number of ether oxygens (including phenoxy) is 2. The van der Waals surface area contributed by atoms with E-state index in [0.717, 1.165) is 36.8 Å². The first-order chi connectivity index (χ1) is 53.7. The van der Waals surface area contributed by atoms with E-state index in [4.69, 9.17) is 38.1 Å². The lowest BCUT2D eigenvalue weighted by atomic mass is 9.83. The maximum absolute atomic E-state index is 15.6. The molecule has 0 aromatic rings. The van der Waals surface area contributed by atoms with Gasteiger partial charge in [-0.2, -0.15) is 0 Å². The fourth-order valence-electron chi connectivity index (χ4n) is 13.9. The molecule has 0 radical (unpaired) electrons. The number of nitrogens with zero attached hydrogens (tertiary/aromatic N) is 2. The molecule has 0 aliphatic carbocycles. The molecule has 0 bridgehead atoms. The molecule has 2 fully saturated rings. The molecule has 2 rings (SSSR count). The molecule has 2 aliphatic rings. The highest BCUT2D eigenvalue weighted by Gasteiger charge is 2.48. The molecular formula is C76H134N16O23. The predicted molar refractivity (Wildman–Crippen MR) is 418 cm³/mol. The van der Waals surface area contributed by atoms with E-state index >= 15 is 19.2 Å². The number of aliphatic hydroxyl groups is 4. The second-order valence-electron chi connectivity index (χ2n) is 31.9. The number of rotatable bonds is 41. The molecule has 39 nitrogen and oxygen atoms in total. The van der Waals surface area contributed by atoms with E-state index in [1.54, 1.807) is 34.6 Å². The molecule has 2 heterocycles. The molecule has 2 saturated heterocycles. The minimum Gasteiger partial charge on any atom is -0.481 e. The Kier molecular flexibility index (Phi) is 44.5. The molecule has 24 N–H and O–H groups in total. The molecule has 0 saturated carbocycles. The molecule has 23 atom stereocenters. The second kappa shape index (κ2) is 50.0. The lowest BCUT2D eigenvalue weighted by Gasteiger charge is -2.39. The van der Waals surface area contributed by atoms with Gasteiger partial charge in [0.2, 0.25) is 76.8 Å². The number of fused-ring (bicyclic) bond motifs is 1. The molecule has 656 valence electrons. The molecule has 2 aliphatic heterocycles. The predicted octanol–water partition coefficient (Wildman–Crippen LogP) is -4.09. The topological polar surface area (TPSA) is 638 Å². The number of amides is 14. The Morgan fingerprint density at radius 2 is 1.22 bits per heavy atom. The average Bonchev–Trinajstić information content (AvgIpc) is 1.06. The lowest BCUT2D eigenvalue weighted by Crippen LogP contribution is -2.65. The normalized spacial score (nSPS) is 24.5. The van der Waals surface area contributed by atoms with Crippen molar-refractivity contribution < 1.29 is 112 Å². The van der Waals surface area contributed by atoms with Crippen LogP contribution in [0.1, 0.15) is 193 Å². The fourth-order valence-corrected chi connectivity index (χ4v) is 13.9. The fraction of sp³-hybridized carbons (Fsp3) is 0.789. The number of hydrogen-bond donors (Lipinski definition) is 19. The van der Waals surface area contributed by atoms with Crippen molar-refractivity contribution in [1.82, 2.24) is 57.7 Å². The third-order valence-electron chi connectivity index (χ3n) is 21.9. The van der Waals surface area contributed by atoms with Crippen molar-refractivity contribution in [3.63, 3.8) is 0 Å². The quantitative estimate of drug-likeness (QED) is 0.0259. The largest absolute Gasteiger partial charge is 0.481 e. The van der Waals surface area contributed by atoms with Crippen LogP contribution < -0.4 is 76.5 Å². The number of primary amides is 3. The number of nitrogens with one attached hydrogen (secondary N) is 9. The molecule has 14 amide bonds. The van der Waals surface area contributed by atoms with Gasteiger partial charge in [0.25, 0.3) is 5.91 Å². The van der Waals surface area contributed by atoms with Gasteiger partial charge in [0.1, 0.15) is 72.6 Å². The van der Waals surface area contributed by atoms with E-state index < -0.39 is 266 Å². The van der Waals surface area contributed by atoms with Crippen molar-refractivity contribution in [2.45, 2.75) is 290 Å². The van der Waals surface area contributed by atoms with E-state index in [0.29, 0.717) is 12.3 Å². The van der Waals surface area contributed by atoms with Gasteiger partial charge in [-0.3, -0.25) is 71.9 Å². The zero-order chi connectivity index (χ0) is 87.7. The van der Waals surface area contributed by atoms with E-state index in [1.165, 1.54) is 34.6 Å². The van der Waals surface area contributed by atoms with Crippen LogP contribution in [0.15, 0.2) is 0 Å². The highest BCUT2D eigenvalue weighted by Crippen LogP contribution is 2.29. The number of nitrogens with two attached hydrogens (primary N) is 5. The van der Waals surface area contributed by atoms with Crippen LogP contribution in [0.4, 0.5) is 0 Å². The molecular weight excluding hydrogens is 1500 g/mol. The lowest BCUT2D eigenvalue weighted by molar-refractivity contribution is -0.168. The van der Waals surface area contributed by atoms with Crippen LogP contribution in [0.3, 0.4) is 0 Å². The zero-order valence-electron chi connectivity index (χ0n) is 69.4. The van der Waals surface area contributed by atoms with Gasteiger partial charge in [0.05, 0.1) is 37.2 Å². The number of hydrogen-bond acceptors (Lipinski definition) is 24. The van der Waals surface area contributed by atoms with Crippen LogP contribution >= 0.6 is 0 Å². The van der Waals surface area contributed by atoms with Gasteiger partial charge in [-0.1, -0.05) is 89.5 Å². The summed E-state index contributed by atoms with van der Waals surface area (Å²) in [6.07, 6.45) is -10.6. The van der Waals surface area contributed by atoms with E-state index in [9.17, 15) is 83.1 Å². The van der Waals surface area contributed by atoms with Crippen molar-refractivity contribution in [1.29, 1.82) is 0 Å². The summed E-state index contributed by atoms with van der Waals surface area (Å²) in [6.45, 7) is 19.7. The Hall–Kier alpha value is -8.76. The Bertz CT molecular complexity index is 3280. The molecule has 39 heteroatoms. The van der Waals surface area contributed by atoms with Gasteiger partial charge in [-0.15, -0.1) is 0 Å². The number of piperidine rings is 1. The second-order valence-corrected chi connectivity index (χ2v) is 31.9. The van der Waals surface area contributed by atoms with Crippen LogP contribution in [0.2, 0.25) is 0 Å².